The van der Waals surface area contributed by atoms with E-state index >= 15 is 0 Å². The standard InChI is InChI=1S/C17H15NO2/c1-19-13-6-7-14-12(8-13)9-15(18-14)17-10-11-4-2-3-5-16(11)20-17/h2-9,17-18H,10H2,1H3. The summed E-state index contributed by atoms with van der Waals surface area (Å²) >= 11 is 0. The van der Waals surface area contributed by atoms with Gasteiger partial charge in [0.25, 0.3) is 0 Å². The van der Waals surface area contributed by atoms with Crippen LogP contribution in [0.2, 0.25) is 0 Å². The quantitative estimate of drug-likeness (QED) is 0.763. The molecule has 1 unspecified atom stereocenters. The van der Waals surface area contributed by atoms with Gasteiger partial charge in [0.05, 0.1) is 12.8 Å². The summed E-state index contributed by atoms with van der Waals surface area (Å²) in [4.78, 5) is 3.44. The van der Waals surface area contributed by atoms with Crippen LogP contribution in [0, 0.1) is 0 Å². The molecule has 1 aliphatic heterocycles. The maximum absolute atomic E-state index is 6.02. The number of rotatable bonds is 2. The van der Waals surface area contributed by atoms with Crippen molar-refractivity contribution in [2.24, 2.45) is 0 Å². The van der Waals surface area contributed by atoms with Crippen molar-refractivity contribution in [2.45, 2.75) is 12.5 Å². The Morgan fingerprint density at radius 1 is 1.15 bits per heavy atom. The molecule has 2 aromatic carbocycles. The average molecular weight is 265 g/mol. The second-order valence-electron chi connectivity index (χ2n) is 5.10. The maximum Gasteiger partial charge on any atom is 0.143 e. The minimum atomic E-state index is 0.0748. The Bertz CT molecular complexity index is 751. The lowest BCUT2D eigenvalue weighted by molar-refractivity contribution is 0.234. The van der Waals surface area contributed by atoms with Gasteiger partial charge in [-0.05, 0) is 35.9 Å². The molecule has 0 amide bonds. The predicted octanol–water partition coefficient (Wildman–Crippen LogP) is 3.85. The molecule has 0 saturated heterocycles. The number of hydrogen-bond acceptors (Lipinski definition) is 2. The van der Waals surface area contributed by atoms with Crippen LogP contribution < -0.4 is 9.47 Å². The summed E-state index contributed by atoms with van der Waals surface area (Å²) in [6, 6.07) is 16.4. The summed E-state index contributed by atoms with van der Waals surface area (Å²) in [5, 5.41) is 1.15. The summed E-state index contributed by atoms with van der Waals surface area (Å²) in [6.45, 7) is 0. The van der Waals surface area contributed by atoms with E-state index in [1.165, 1.54) is 5.56 Å². The average Bonchev–Trinajstić information content (AvgIpc) is 3.09. The Morgan fingerprint density at radius 2 is 2.05 bits per heavy atom. The van der Waals surface area contributed by atoms with Gasteiger partial charge in [-0.2, -0.15) is 0 Å². The molecule has 20 heavy (non-hydrogen) atoms. The molecule has 100 valence electrons. The van der Waals surface area contributed by atoms with Crippen LogP contribution in [0.1, 0.15) is 17.4 Å². The van der Waals surface area contributed by atoms with E-state index in [0.29, 0.717) is 0 Å². The second-order valence-corrected chi connectivity index (χ2v) is 5.10. The van der Waals surface area contributed by atoms with E-state index in [9.17, 15) is 0 Å². The predicted molar refractivity (Wildman–Crippen MR) is 78.4 cm³/mol. The van der Waals surface area contributed by atoms with E-state index in [0.717, 1.165) is 34.5 Å². The van der Waals surface area contributed by atoms with Crippen LogP contribution in [-0.4, -0.2) is 12.1 Å². The number of para-hydroxylation sites is 1. The van der Waals surface area contributed by atoms with Crippen molar-refractivity contribution in [1.82, 2.24) is 4.98 Å². The highest BCUT2D eigenvalue weighted by atomic mass is 16.5. The SMILES string of the molecule is COc1ccc2[nH]c(C3Cc4ccccc4O3)cc2c1. The Kier molecular flexibility index (Phi) is 2.46. The number of fused-ring (bicyclic) bond motifs is 2. The molecule has 1 aromatic heterocycles. The molecule has 0 saturated carbocycles. The van der Waals surface area contributed by atoms with Crippen molar-refractivity contribution < 1.29 is 9.47 Å². The summed E-state index contributed by atoms with van der Waals surface area (Å²) in [6.07, 6.45) is 0.992. The van der Waals surface area contributed by atoms with Crippen molar-refractivity contribution >= 4 is 10.9 Å². The largest absolute Gasteiger partial charge is 0.497 e. The van der Waals surface area contributed by atoms with E-state index in [4.69, 9.17) is 9.47 Å². The first-order valence-electron chi connectivity index (χ1n) is 6.75. The fourth-order valence-corrected chi connectivity index (χ4v) is 2.79. The van der Waals surface area contributed by atoms with E-state index in [-0.39, 0.29) is 6.10 Å². The maximum atomic E-state index is 6.02. The van der Waals surface area contributed by atoms with Crippen LogP contribution in [0.25, 0.3) is 10.9 Å². The summed E-state index contributed by atoms with van der Waals surface area (Å²) in [5.41, 5.74) is 3.50. The third-order valence-electron chi connectivity index (χ3n) is 3.84. The number of aromatic nitrogens is 1. The van der Waals surface area contributed by atoms with Crippen molar-refractivity contribution in [3.05, 3.63) is 59.8 Å². The lowest BCUT2D eigenvalue weighted by Gasteiger charge is -2.07. The number of methoxy groups -OCH3 is 1. The molecule has 1 atom stereocenters. The van der Waals surface area contributed by atoms with E-state index in [1.54, 1.807) is 7.11 Å². The third-order valence-corrected chi connectivity index (χ3v) is 3.84. The minimum Gasteiger partial charge on any atom is -0.497 e. The van der Waals surface area contributed by atoms with Gasteiger partial charge in [-0.3, -0.25) is 0 Å². The first-order chi connectivity index (χ1) is 9.83. The van der Waals surface area contributed by atoms with Gasteiger partial charge in [-0.1, -0.05) is 18.2 Å². The van der Waals surface area contributed by atoms with Crippen molar-refractivity contribution in [3.8, 4) is 11.5 Å². The minimum absolute atomic E-state index is 0.0748. The monoisotopic (exact) mass is 265 g/mol. The van der Waals surface area contributed by atoms with Gasteiger partial charge >= 0.3 is 0 Å². The molecule has 4 rings (SSSR count). The molecule has 0 spiro atoms. The van der Waals surface area contributed by atoms with Gasteiger partial charge in [0.1, 0.15) is 17.6 Å². The van der Waals surface area contributed by atoms with Gasteiger partial charge in [-0.25, -0.2) is 0 Å². The topological polar surface area (TPSA) is 34.2 Å². The van der Waals surface area contributed by atoms with Gasteiger partial charge in [-0.15, -0.1) is 0 Å². The molecular weight excluding hydrogens is 250 g/mol. The molecule has 0 fully saturated rings. The van der Waals surface area contributed by atoms with Crippen LogP contribution in [0.4, 0.5) is 0 Å². The first-order valence-corrected chi connectivity index (χ1v) is 6.75. The lowest BCUT2D eigenvalue weighted by Crippen LogP contribution is -2.03. The molecule has 0 radical (unpaired) electrons. The number of benzene rings is 2. The lowest BCUT2D eigenvalue weighted by atomic mass is 10.1. The molecule has 1 aliphatic rings. The van der Waals surface area contributed by atoms with Crippen molar-refractivity contribution in [1.29, 1.82) is 0 Å². The highest BCUT2D eigenvalue weighted by Crippen LogP contribution is 2.37. The Morgan fingerprint density at radius 3 is 2.90 bits per heavy atom. The number of ether oxygens (including phenoxy) is 2. The highest BCUT2D eigenvalue weighted by Gasteiger charge is 2.25. The van der Waals surface area contributed by atoms with Gasteiger partial charge < -0.3 is 14.5 Å². The van der Waals surface area contributed by atoms with Crippen LogP contribution in [-0.2, 0) is 6.42 Å². The summed E-state index contributed by atoms with van der Waals surface area (Å²) in [7, 11) is 1.69. The Labute approximate surface area is 117 Å². The van der Waals surface area contributed by atoms with Crippen LogP contribution >= 0.6 is 0 Å². The highest BCUT2D eigenvalue weighted by molar-refractivity contribution is 5.82. The molecule has 1 N–H and O–H groups in total. The second kappa shape index (κ2) is 4.30. The van der Waals surface area contributed by atoms with Crippen molar-refractivity contribution in [2.75, 3.05) is 7.11 Å². The summed E-state index contributed by atoms with van der Waals surface area (Å²) in [5.74, 6) is 1.87. The fraction of sp³-hybridized carbons (Fsp3) is 0.176. The number of nitrogens with one attached hydrogen (secondary N) is 1. The Balaban J connectivity index is 1.70. The van der Waals surface area contributed by atoms with Crippen molar-refractivity contribution in [3.63, 3.8) is 0 Å². The van der Waals surface area contributed by atoms with Gasteiger partial charge in [0.15, 0.2) is 0 Å². The van der Waals surface area contributed by atoms with Gasteiger partial charge in [0, 0.05) is 17.3 Å². The molecular formula is C17H15NO2. The molecule has 3 aromatic rings. The molecule has 3 heteroatoms. The molecule has 0 aliphatic carbocycles. The van der Waals surface area contributed by atoms with Crippen LogP contribution in [0.3, 0.4) is 0 Å². The normalized spacial score (nSPS) is 16.9. The smallest absolute Gasteiger partial charge is 0.143 e. The fourth-order valence-electron chi connectivity index (χ4n) is 2.79. The number of aromatic amines is 1. The van der Waals surface area contributed by atoms with Crippen LogP contribution in [0.15, 0.2) is 48.5 Å². The zero-order valence-corrected chi connectivity index (χ0v) is 11.2. The van der Waals surface area contributed by atoms with E-state index < -0.39 is 0 Å². The number of H-pyrrole nitrogens is 1. The Hall–Kier alpha value is -2.42. The zero-order valence-electron chi connectivity index (χ0n) is 11.2. The van der Waals surface area contributed by atoms with E-state index in [2.05, 4.69) is 23.2 Å². The first kappa shape index (κ1) is 11.4. The zero-order chi connectivity index (χ0) is 13.5. The number of hydrogen-bond donors (Lipinski definition) is 1. The summed E-state index contributed by atoms with van der Waals surface area (Å²) < 4.78 is 11.3. The molecule has 3 nitrogen and oxygen atoms in total. The molecule has 0 bridgehead atoms. The van der Waals surface area contributed by atoms with Gasteiger partial charge in [0.2, 0.25) is 0 Å². The molecule has 2 heterocycles. The van der Waals surface area contributed by atoms with E-state index in [1.807, 2.05) is 30.3 Å². The third kappa shape index (κ3) is 1.74. The van der Waals surface area contributed by atoms with Crippen LogP contribution in [0.5, 0.6) is 11.5 Å².